The highest BCUT2D eigenvalue weighted by Gasteiger charge is 2.33. The maximum atomic E-state index is 13.9. The Kier molecular flexibility index (Phi) is 10.3. The van der Waals surface area contributed by atoms with Crippen LogP contribution in [0.2, 0.25) is 0 Å². The number of anilines is 1. The van der Waals surface area contributed by atoms with E-state index >= 15 is 0 Å². The number of carbonyl (C=O) groups is 2. The number of likely N-dealkylation sites (N-methyl/N-ethyl adjacent to an activating group) is 1. The number of rotatable bonds is 13. The third kappa shape index (κ3) is 7.29. The van der Waals surface area contributed by atoms with E-state index in [4.69, 9.17) is 9.47 Å². The second kappa shape index (κ2) is 13.7. The van der Waals surface area contributed by atoms with Crippen molar-refractivity contribution in [3.8, 4) is 11.5 Å². The van der Waals surface area contributed by atoms with E-state index in [2.05, 4.69) is 5.32 Å². The van der Waals surface area contributed by atoms with Gasteiger partial charge in [0.25, 0.3) is 10.0 Å². The molecule has 208 valence electrons. The van der Waals surface area contributed by atoms with Crippen LogP contribution in [0, 0.1) is 0 Å². The molecule has 0 bridgehead atoms. The molecule has 3 aromatic carbocycles. The highest BCUT2D eigenvalue weighted by Crippen LogP contribution is 2.33. The van der Waals surface area contributed by atoms with Crippen LogP contribution in [0.5, 0.6) is 11.5 Å². The van der Waals surface area contributed by atoms with Gasteiger partial charge in [0.05, 0.1) is 24.8 Å². The predicted molar refractivity (Wildman–Crippen MR) is 151 cm³/mol. The van der Waals surface area contributed by atoms with Gasteiger partial charge in [0.15, 0.2) is 0 Å². The largest absolute Gasteiger partial charge is 0.497 e. The zero-order valence-corrected chi connectivity index (χ0v) is 23.5. The first kappa shape index (κ1) is 29.5. The van der Waals surface area contributed by atoms with E-state index in [9.17, 15) is 18.0 Å². The summed E-state index contributed by atoms with van der Waals surface area (Å²) in [5, 5.41) is 2.75. The highest BCUT2D eigenvalue weighted by molar-refractivity contribution is 7.92. The quantitative estimate of drug-likeness (QED) is 0.347. The number of benzene rings is 3. The van der Waals surface area contributed by atoms with E-state index < -0.39 is 28.5 Å². The maximum Gasteiger partial charge on any atom is 0.264 e. The first-order chi connectivity index (χ1) is 18.7. The number of ether oxygens (including phenoxy) is 2. The molecule has 0 fully saturated rings. The van der Waals surface area contributed by atoms with Crippen LogP contribution in [0.3, 0.4) is 0 Å². The molecular weight excluding hydrogens is 518 g/mol. The van der Waals surface area contributed by atoms with Crippen LogP contribution in [-0.4, -0.2) is 65.0 Å². The Labute approximate surface area is 230 Å². The minimum atomic E-state index is -4.21. The summed E-state index contributed by atoms with van der Waals surface area (Å²) in [5.74, 6) is -0.0554. The van der Waals surface area contributed by atoms with Crippen LogP contribution < -0.4 is 19.1 Å². The Morgan fingerprint density at radius 2 is 1.54 bits per heavy atom. The lowest BCUT2D eigenvalue weighted by molar-refractivity contribution is -0.138. The molecule has 0 aliphatic carbocycles. The van der Waals surface area contributed by atoms with Gasteiger partial charge in [0.1, 0.15) is 24.1 Å². The lowest BCUT2D eigenvalue weighted by Gasteiger charge is -2.32. The summed E-state index contributed by atoms with van der Waals surface area (Å²) >= 11 is 0. The average molecular weight is 554 g/mol. The number of amides is 2. The molecule has 0 aromatic heterocycles. The minimum Gasteiger partial charge on any atom is -0.497 e. The number of hydrogen-bond acceptors (Lipinski definition) is 6. The molecule has 0 radical (unpaired) electrons. The van der Waals surface area contributed by atoms with Crippen molar-refractivity contribution in [1.29, 1.82) is 0 Å². The van der Waals surface area contributed by atoms with Crippen LogP contribution in [-0.2, 0) is 26.0 Å². The van der Waals surface area contributed by atoms with Crippen molar-refractivity contribution in [2.75, 3.05) is 38.2 Å². The molecule has 0 unspecified atom stereocenters. The van der Waals surface area contributed by atoms with Crippen molar-refractivity contribution < 1.29 is 27.5 Å². The molecule has 0 spiro atoms. The van der Waals surface area contributed by atoms with Gasteiger partial charge in [0, 0.05) is 13.1 Å². The Hall–Kier alpha value is -4.05. The molecule has 39 heavy (non-hydrogen) atoms. The number of sulfonamides is 1. The van der Waals surface area contributed by atoms with Crippen molar-refractivity contribution in [1.82, 2.24) is 10.2 Å². The zero-order chi connectivity index (χ0) is 28.4. The molecule has 0 heterocycles. The molecule has 3 rings (SSSR count). The molecule has 1 atom stereocenters. The molecule has 2 amide bonds. The molecule has 0 saturated carbocycles. The summed E-state index contributed by atoms with van der Waals surface area (Å²) in [6.45, 7) is 3.53. The molecule has 0 aliphatic rings. The number of nitrogens with one attached hydrogen (secondary N) is 1. The van der Waals surface area contributed by atoms with Crippen molar-refractivity contribution in [3.63, 3.8) is 0 Å². The summed E-state index contributed by atoms with van der Waals surface area (Å²) in [7, 11) is -1.29. The summed E-state index contributed by atoms with van der Waals surface area (Å²) in [5.41, 5.74) is 1.20. The van der Waals surface area contributed by atoms with Crippen molar-refractivity contribution >= 4 is 27.5 Å². The predicted octanol–water partition coefficient (Wildman–Crippen LogP) is 3.50. The van der Waals surface area contributed by atoms with Gasteiger partial charge in [-0.1, -0.05) is 42.5 Å². The lowest BCUT2D eigenvalue weighted by Crippen LogP contribution is -2.52. The number of methoxy groups -OCH3 is 2. The van der Waals surface area contributed by atoms with Gasteiger partial charge in [-0.15, -0.1) is 0 Å². The molecule has 0 saturated heterocycles. The minimum absolute atomic E-state index is 0.0189. The Bertz CT molecular complexity index is 1350. The van der Waals surface area contributed by atoms with Crippen molar-refractivity contribution in [3.05, 3.63) is 84.4 Å². The Balaban J connectivity index is 2.01. The second-order valence-electron chi connectivity index (χ2n) is 8.75. The first-order valence-corrected chi connectivity index (χ1v) is 14.1. The van der Waals surface area contributed by atoms with Gasteiger partial charge in [-0.25, -0.2) is 8.42 Å². The molecule has 0 aliphatic heterocycles. The normalized spacial score (nSPS) is 11.8. The standard InChI is InChI=1S/C29H35N3O6S/c1-5-30-29(34)22(2)31(20-19-23-11-7-6-8-12-23)28(33)21-32(26-13-9-10-14-27(26)38-4)39(35,36)25-17-15-24(37-3)16-18-25/h6-18,22H,5,19-21H2,1-4H3,(H,30,34)/t22-/m1/s1. The number of hydrogen-bond donors (Lipinski definition) is 1. The number of carbonyl (C=O) groups excluding carboxylic acids is 2. The second-order valence-corrected chi connectivity index (χ2v) is 10.6. The van der Waals surface area contributed by atoms with Crippen molar-refractivity contribution in [2.45, 2.75) is 31.2 Å². The number of nitrogens with zero attached hydrogens (tertiary/aromatic N) is 2. The fraction of sp³-hybridized carbons (Fsp3) is 0.310. The zero-order valence-electron chi connectivity index (χ0n) is 22.7. The SMILES string of the molecule is CCNC(=O)[C@@H](C)N(CCc1ccccc1)C(=O)CN(c1ccccc1OC)S(=O)(=O)c1ccc(OC)cc1. The van der Waals surface area contributed by atoms with Gasteiger partial charge in [-0.3, -0.25) is 13.9 Å². The molecule has 10 heteroatoms. The smallest absolute Gasteiger partial charge is 0.264 e. The third-order valence-corrected chi connectivity index (χ3v) is 8.06. The van der Waals surface area contributed by atoms with Gasteiger partial charge < -0.3 is 19.7 Å². The van der Waals surface area contributed by atoms with Crippen LogP contribution in [0.1, 0.15) is 19.4 Å². The monoisotopic (exact) mass is 553 g/mol. The maximum absolute atomic E-state index is 13.9. The van der Waals surface area contributed by atoms with E-state index in [1.54, 1.807) is 50.2 Å². The van der Waals surface area contributed by atoms with E-state index in [1.807, 2.05) is 30.3 Å². The molecule has 3 aromatic rings. The summed E-state index contributed by atoms with van der Waals surface area (Å²) in [6.07, 6.45) is 0.496. The van der Waals surface area contributed by atoms with Gasteiger partial charge in [-0.2, -0.15) is 0 Å². The lowest BCUT2D eigenvalue weighted by atomic mass is 10.1. The Morgan fingerprint density at radius 1 is 0.897 bits per heavy atom. The molecule has 9 nitrogen and oxygen atoms in total. The topological polar surface area (TPSA) is 105 Å². The highest BCUT2D eigenvalue weighted by atomic mass is 32.2. The fourth-order valence-electron chi connectivity index (χ4n) is 4.12. The number of para-hydroxylation sites is 2. The van der Waals surface area contributed by atoms with E-state index in [-0.39, 0.29) is 28.8 Å². The van der Waals surface area contributed by atoms with Gasteiger partial charge in [0.2, 0.25) is 11.8 Å². The Morgan fingerprint density at radius 3 is 2.15 bits per heavy atom. The molecule has 1 N–H and O–H groups in total. The van der Waals surface area contributed by atoms with E-state index in [0.29, 0.717) is 18.7 Å². The van der Waals surface area contributed by atoms with Gasteiger partial charge in [-0.05, 0) is 62.2 Å². The summed E-state index contributed by atoms with van der Waals surface area (Å²) < 4.78 is 39.5. The summed E-state index contributed by atoms with van der Waals surface area (Å²) in [4.78, 5) is 28.0. The van der Waals surface area contributed by atoms with E-state index in [0.717, 1.165) is 9.87 Å². The molecular formula is C29H35N3O6S. The summed E-state index contributed by atoms with van der Waals surface area (Å²) in [6, 6.07) is 21.3. The van der Waals surface area contributed by atoms with Crippen LogP contribution in [0.15, 0.2) is 83.8 Å². The van der Waals surface area contributed by atoms with Crippen LogP contribution >= 0.6 is 0 Å². The third-order valence-electron chi connectivity index (χ3n) is 6.28. The van der Waals surface area contributed by atoms with Crippen molar-refractivity contribution in [2.24, 2.45) is 0 Å². The fourth-order valence-corrected chi connectivity index (χ4v) is 5.54. The first-order valence-electron chi connectivity index (χ1n) is 12.6. The van der Waals surface area contributed by atoms with Gasteiger partial charge >= 0.3 is 0 Å². The van der Waals surface area contributed by atoms with Crippen LogP contribution in [0.4, 0.5) is 5.69 Å². The van der Waals surface area contributed by atoms with E-state index in [1.165, 1.54) is 31.3 Å². The average Bonchev–Trinajstić information content (AvgIpc) is 2.96. The van der Waals surface area contributed by atoms with Crippen LogP contribution in [0.25, 0.3) is 0 Å².